The Bertz CT molecular complexity index is 763. The number of nitrogens with one attached hydrogen (secondary N) is 1. The van der Waals surface area contributed by atoms with Crippen LogP contribution in [-0.4, -0.2) is 54.3 Å². The van der Waals surface area contributed by atoms with Crippen molar-refractivity contribution < 1.29 is 14.0 Å². The topological polar surface area (TPSA) is 65.8 Å². The summed E-state index contributed by atoms with van der Waals surface area (Å²) in [7, 11) is 0. The Morgan fingerprint density at radius 1 is 1.04 bits per heavy atom. The van der Waals surface area contributed by atoms with Crippen LogP contribution in [0.5, 0.6) is 0 Å². The van der Waals surface area contributed by atoms with Crippen LogP contribution in [0.2, 0.25) is 0 Å². The first kappa shape index (κ1) is 19.0. The number of amides is 2. The summed E-state index contributed by atoms with van der Waals surface area (Å²) in [6.45, 7) is 7.13. The molecule has 0 atom stereocenters. The fraction of sp³-hybridized carbons (Fsp3) is 0.429. The number of hydrogen-bond donors (Lipinski definition) is 1. The first-order chi connectivity index (χ1) is 13.1. The summed E-state index contributed by atoms with van der Waals surface area (Å²) in [5, 5.41) is 3.39. The first-order valence-corrected chi connectivity index (χ1v) is 9.49. The van der Waals surface area contributed by atoms with E-state index in [1.54, 1.807) is 17.0 Å². The minimum Gasteiger partial charge on any atom is -0.459 e. The minimum absolute atomic E-state index is 0.112. The molecule has 2 heterocycles. The fourth-order valence-electron chi connectivity index (χ4n) is 3.34. The summed E-state index contributed by atoms with van der Waals surface area (Å²) in [5.41, 5.74) is 2.35. The van der Waals surface area contributed by atoms with Crippen LogP contribution in [0, 0.1) is 0 Å². The van der Waals surface area contributed by atoms with Crippen LogP contribution < -0.4 is 5.32 Å². The summed E-state index contributed by atoms with van der Waals surface area (Å²) in [6.07, 6.45) is 1.94. The van der Waals surface area contributed by atoms with Crippen molar-refractivity contribution in [3.63, 3.8) is 0 Å². The Morgan fingerprint density at radius 3 is 2.41 bits per heavy atom. The molecule has 0 spiro atoms. The lowest BCUT2D eigenvalue weighted by molar-refractivity contribution is -0.132. The molecule has 1 aliphatic heterocycles. The first-order valence-electron chi connectivity index (χ1n) is 9.49. The number of nitrogens with zero attached hydrogens (tertiary/aromatic N) is 2. The number of furan rings is 1. The molecule has 1 N–H and O–H groups in total. The molecule has 0 bridgehead atoms. The van der Waals surface area contributed by atoms with Gasteiger partial charge in [0.25, 0.3) is 5.91 Å². The second kappa shape index (κ2) is 8.75. The number of para-hydroxylation sites is 1. The second-order valence-electron chi connectivity index (χ2n) is 7.07. The number of hydrogen-bond acceptors (Lipinski definition) is 4. The van der Waals surface area contributed by atoms with Crippen LogP contribution in [0.25, 0.3) is 0 Å². The smallest absolute Gasteiger partial charge is 0.289 e. The number of benzene rings is 1. The molecule has 0 aliphatic carbocycles. The molecule has 144 valence electrons. The summed E-state index contributed by atoms with van der Waals surface area (Å²) < 4.78 is 5.16. The lowest BCUT2D eigenvalue weighted by Crippen LogP contribution is -2.50. The molecule has 1 aromatic carbocycles. The monoisotopic (exact) mass is 369 g/mol. The molecule has 0 saturated carbocycles. The highest BCUT2D eigenvalue weighted by molar-refractivity contribution is 5.91. The van der Waals surface area contributed by atoms with E-state index >= 15 is 0 Å². The molecule has 2 amide bonds. The third kappa shape index (κ3) is 4.70. The normalized spacial score (nSPS) is 14.5. The van der Waals surface area contributed by atoms with Gasteiger partial charge in [0.05, 0.1) is 6.26 Å². The summed E-state index contributed by atoms with van der Waals surface area (Å²) in [6, 6.07) is 11.6. The highest BCUT2D eigenvalue weighted by Gasteiger charge is 2.25. The van der Waals surface area contributed by atoms with Gasteiger partial charge in [-0.15, -0.1) is 0 Å². The van der Waals surface area contributed by atoms with Crippen molar-refractivity contribution in [3.8, 4) is 0 Å². The van der Waals surface area contributed by atoms with E-state index in [1.807, 2.05) is 17.0 Å². The number of rotatable bonds is 6. The molecule has 2 aromatic rings. The van der Waals surface area contributed by atoms with E-state index < -0.39 is 0 Å². The molecule has 0 unspecified atom stereocenters. The van der Waals surface area contributed by atoms with Gasteiger partial charge >= 0.3 is 0 Å². The molecular formula is C21H27N3O3. The van der Waals surface area contributed by atoms with Gasteiger partial charge in [0, 0.05) is 44.8 Å². The molecular weight excluding hydrogens is 342 g/mol. The van der Waals surface area contributed by atoms with Crippen molar-refractivity contribution in [1.29, 1.82) is 0 Å². The zero-order valence-electron chi connectivity index (χ0n) is 16.0. The van der Waals surface area contributed by atoms with Gasteiger partial charge in [-0.05, 0) is 29.7 Å². The third-order valence-corrected chi connectivity index (χ3v) is 4.89. The van der Waals surface area contributed by atoms with Gasteiger partial charge in [-0.25, -0.2) is 0 Å². The van der Waals surface area contributed by atoms with E-state index in [4.69, 9.17) is 4.42 Å². The highest BCUT2D eigenvalue weighted by atomic mass is 16.3. The molecule has 1 saturated heterocycles. The summed E-state index contributed by atoms with van der Waals surface area (Å²) >= 11 is 0. The molecule has 1 fully saturated rings. The molecule has 3 rings (SSSR count). The van der Waals surface area contributed by atoms with E-state index in [9.17, 15) is 9.59 Å². The zero-order chi connectivity index (χ0) is 19.2. The molecule has 1 aliphatic rings. The maximum absolute atomic E-state index is 12.5. The Morgan fingerprint density at radius 2 is 1.74 bits per heavy atom. The van der Waals surface area contributed by atoms with Gasteiger partial charge in [-0.3, -0.25) is 9.59 Å². The number of anilines is 1. The Balaban J connectivity index is 1.44. The maximum Gasteiger partial charge on any atom is 0.289 e. The number of carbonyl (C=O) groups excluding carboxylic acids is 2. The highest BCUT2D eigenvalue weighted by Crippen LogP contribution is 2.23. The summed E-state index contributed by atoms with van der Waals surface area (Å²) in [5.74, 6) is 0.792. The molecule has 6 heteroatoms. The molecule has 6 nitrogen and oxygen atoms in total. The van der Waals surface area contributed by atoms with Crippen LogP contribution in [0.3, 0.4) is 0 Å². The lowest BCUT2D eigenvalue weighted by Gasteiger charge is -2.34. The largest absolute Gasteiger partial charge is 0.459 e. The Kier molecular flexibility index (Phi) is 6.16. The van der Waals surface area contributed by atoms with Crippen molar-refractivity contribution >= 4 is 17.5 Å². The van der Waals surface area contributed by atoms with Crippen molar-refractivity contribution in [3.05, 3.63) is 54.0 Å². The van der Waals surface area contributed by atoms with Crippen molar-refractivity contribution in [2.24, 2.45) is 0 Å². The molecule has 27 heavy (non-hydrogen) atoms. The van der Waals surface area contributed by atoms with Crippen molar-refractivity contribution in [1.82, 2.24) is 9.80 Å². The van der Waals surface area contributed by atoms with Crippen LogP contribution in [0.1, 0.15) is 42.3 Å². The Labute approximate surface area is 160 Å². The van der Waals surface area contributed by atoms with E-state index in [0.29, 0.717) is 50.8 Å². The van der Waals surface area contributed by atoms with E-state index in [0.717, 1.165) is 5.69 Å². The maximum atomic E-state index is 12.5. The number of piperazine rings is 1. The van der Waals surface area contributed by atoms with Gasteiger partial charge in [-0.1, -0.05) is 32.0 Å². The Hall–Kier alpha value is -2.76. The second-order valence-corrected chi connectivity index (χ2v) is 7.07. The number of carbonyl (C=O) groups is 2. The standard InChI is InChI=1S/C21H27N3O3/c1-16(2)17-6-3-4-7-18(17)22-10-9-20(25)23-11-13-24(14-12-23)21(26)19-8-5-15-27-19/h3-8,15-16,22H,9-14H2,1-2H3. The lowest BCUT2D eigenvalue weighted by atomic mass is 10.0. The van der Waals surface area contributed by atoms with Crippen LogP contribution in [0.15, 0.2) is 47.1 Å². The average molecular weight is 369 g/mol. The SMILES string of the molecule is CC(C)c1ccccc1NCCC(=O)N1CCN(C(=O)c2ccco2)CC1. The molecule has 0 radical (unpaired) electrons. The van der Waals surface area contributed by atoms with E-state index in [2.05, 4.69) is 31.3 Å². The molecule has 1 aromatic heterocycles. The van der Waals surface area contributed by atoms with Crippen molar-refractivity contribution in [2.75, 3.05) is 38.0 Å². The summed E-state index contributed by atoms with van der Waals surface area (Å²) in [4.78, 5) is 28.3. The van der Waals surface area contributed by atoms with Crippen LogP contribution in [0.4, 0.5) is 5.69 Å². The quantitative estimate of drug-likeness (QED) is 0.849. The van der Waals surface area contributed by atoms with Gasteiger partial charge in [0.1, 0.15) is 0 Å². The predicted octanol–water partition coefficient (Wildman–Crippen LogP) is 3.19. The van der Waals surface area contributed by atoms with Gasteiger partial charge < -0.3 is 19.5 Å². The average Bonchev–Trinajstić information content (AvgIpc) is 3.22. The fourth-order valence-corrected chi connectivity index (χ4v) is 3.34. The minimum atomic E-state index is -0.112. The van der Waals surface area contributed by atoms with Gasteiger partial charge in [-0.2, -0.15) is 0 Å². The van der Waals surface area contributed by atoms with Crippen LogP contribution in [-0.2, 0) is 4.79 Å². The van der Waals surface area contributed by atoms with Gasteiger partial charge in [0.2, 0.25) is 5.91 Å². The van der Waals surface area contributed by atoms with Crippen LogP contribution >= 0.6 is 0 Å². The van der Waals surface area contributed by atoms with Gasteiger partial charge in [0.15, 0.2) is 5.76 Å². The zero-order valence-corrected chi connectivity index (χ0v) is 16.0. The van der Waals surface area contributed by atoms with E-state index in [1.165, 1.54) is 11.8 Å². The predicted molar refractivity (Wildman–Crippen MR) is 105 cm³/mol. The van der Waals surface area contributed by atoms with E-state index in [-0.39, 0.29) is 11.8 Å². The third-order valence-electron chi connectivity index (χ3n) is 4.89. The van der Waals surface area contributed by atoms with Crippen molar-refractivity contribution in [2.45, 2.75) is 26.2 Å².